The molecule has 1 aromatic heterocycles. The molecule has 2 aromatic rings. The Balaban J connectivity index is 2.13. The summed E-state index contributed by atoms with van der Waals surface area (Å²) in [6, 6.07) is 4.89. The molecule has 0 radical (unpaired) electrons. The van der Waals surface area contributed by atoms with E-state index < -0.39 is 5.97 Å². The molecule has 110 valence electrons. The first-order chi connectivity index (χ1) is 10.2. The van der Waals surface area contributed by atoms with Gasteiger partial charge in [-0.05, 0) is 48.9 Å². The zero-order valence-corrected chi connectivity index (χ0v) is 11.7. The summed E-state index contributed by atoms with van der Waals surface area (Å²) in [4.78, 5) is 15.7. The fraction of sp³-hybridized carbons (Fsp3) is 0.375. The van der Waals surface area contributed by atoms with Gasteiger partial charge in [-0.1, -0.05) is 6.07 Å². The van der Waals surface area contributed by atoms with Crippen LogP contribution in [0.1, 0.15) is 34.5 Å². The smallest absolute Gasteiger partial charge is 0.0726 e. The van der Waals surface area contributed by atoms with Crippen LogP contribution in [0.3, 0.4) is 0 Å². The molecule has 1 aromatic carbocycles. The number of carbonyl (C=O) groups is 1. The van der Waals surface area contributed by atoms with Gasteiger partial charge in [-0.15, -0.1) is 0 Å². The predicted molar refractivity (Wildman–Crippen MR) is 78.3 cm³/mol. The Morgan fingerprint density at radius 3 is 3.00 bits per heavy atom. The van der Waals surface area contributed by atoms with Gasteiger partial charge in [0.2, 0.25) is 0 Å². The lowest BCUT2D eigenvalue weighted by Crippen LogP contribution is -2.22. The number of rotatable bonds is 5. The Kier molecular flexibility index (Phi) is 3.75. The number of nitrogens with one attached hydrogen (secondary N) is 1. The molecule has 0 atom stereocenters. The van der Waals surface area contributed by atoms with E-state index in [1.807, 2.05) is 0 Å². The van der Waals surface area contributed by atoms with Crippen molar-refractivity contribution in [2.45, 2.75) is 25.7 Å². The van der Waals surface area contributed by atoms with E-state index in [1.165, 1.54) is 11.6 Å². The van der Waals surface area contributed by atoms with Crippen LogP contribution in [0.25, 0.3) is 10.9 Å². The zero-order chi connectivity index (χ0) is 14.8. The highest BCUT2D eigenvalue weighted by atomic mass is 16.4. The lowest BCUT2D eigenvalue weighted by Gasteiger charge is -2.15. The minimum absolute atomic E-state index is 0.127. The van der Waals surface area contributed by atoms with E-state index in [0.29, 0.717) is 13.0 Å². The van der Waals surface area contributed by atoms with Crippen LogP contribution in [0, 0.1) is 0 Å². The average molecular weight is 285 g/mol. The fourth-order valence-electron chi connectivity index (χ4n) is 2.88. The number of aliphatic hydroxyl groups is 1. The van der Waals surface area contributed by atoms with Crippen LogP contribution >= 0.6 is 0 Å². The summed E-state index contributed by atoms with van der Waals surface area (Å²) in [5.74, 6) is -1.18. The predicted octanol–water partition coefficient (Wildman–Crippen LogP) is 0.881. The Hall–Kier alpha value is -2.14. The topological polar surface area (TPSA) is 85.3 Å². The van der Waals surface area contributed by atoms with E-state index in [9.17, 15) is 9.90 Å². The van der Waals surface area contributed by atoms with Crippen LogP contribution in [0.2, 0.25) is 0 Å². The minimum Gasteiger partial charge on any atom is -0.545 e. The summed E-state index contributed by atoms with van der Waals surface area (Å²) in [6.07, 6.45) is 3.64. The van der Waals surface area contributed by atoms with Crippen molar-refractivity contribution in [3.05, 3.63) is 35.0 Å². The van der Waals surface area contributed by atoms with Gasteiger partial charge in [-0.2, -0.15) is 0 Å². The Bertz CT molecular complexity index is 697. The second-order valence-corrected chi connectivity index (χ2v) is 5.29. The summed E-state index contributed by atoms with van der Waals surface area (Å²) in [5.41, 5.74) is 4.19. The zero-order valence-electron chi connectivity index (χ0n) is 11.7. The van der Waals surface area contributed by atoms with Gasteiger partial charge in [-0.3, -0.25) is 4.98 Å². The molecule has 0 saturated carbocycles. The number of aliphatic hydroxyl groups excluding tert-OH is 1. The van der Waals surface area contributed by atoms with Crippen molar-refractivity contribution >= 4 is 22.6 Å². The van der Waals surface area contributed by atoms with Gasteiger partial charge >= 0.3 is 0 Å². The second kappa shape index (κ2) is 5.69. The van der Waals surface area contributed by atoms with Crippen LogP contribution < -0.4 is 10.4 Å². The lowest BCUT2D eigenvalue weighted by molar-refractivity contribution is -0.255. The second-order valence-electron chi connectivity index (χ2n) is 5.29. The molecule has 1 aliphatic carbocycles. The molecule has 2 N–H and O–H groups in total. The normalized spacial score (nSPS) is 13.4. The number of carbonyl (C=O) groups excluding carboxylic acids is 1. The number of hydrogen-bond donors (Lipinski definition) is 2. The van der Waals surface area contributed by atoms with Crippen molar-refractivity contribution in [2.75, 3.05) is 18.5 Å². The molecule has 3 rings (SSSR count). The number of anilines is 1. The SMILES string of the molecule is O=C([O-])c1ccc2nc3c(c(NCCCO)c2c1)CCC3. The number of hydrogen-bond acceptors (Lipinski definition) is 5. The quantitative estimate of drug-likeness (QED) is 0.797. The number of aromatic carboxylic acids is 1. The van der Waals surface area contributed by atoms with Crippen LogP contribution in [0.5, 0.6) is 0 Å². The first kappa shape index (κ1) is 13.8. The van der Waals surface area contributed by atoms with Crippen molar-refractivity contribution in [3.63, 3.8) is 0 Å². The summed E-state index contributed by atoms with van der Waals surface area (Å²) < 4.78 is 0. The molecular weight excluding hydrogens is 268 g/mol. The van der Waals surface area contributed by atoms with Gasteiger partial charge in [0, 0.05) is 29.9 Å². The Morgan fingerprint density at radius 1 is 1.38 bits per heavy atom. The molecule has 0 bridgehead atoms. The molecule has 0 saturated heterocycles. The third kappa shape index (κ3) is 2.56. The maximum atomic E-state index is 11.1. The number of carboxylic acid groups (broad SMARTS) is 1. The largest absolute Gasteiger partial charge is 0.545 e. The van der Waals surface area contributed by atoms with Crippen molar-refractivity contribution < 1.29 is 15.0 Å². The van der Waals surface area contributed by atoms with Gasteiger partial charge in [0.25, 0.3) is 0 Å². The summed E-state index contributed by atoms with van der Waals surface area (Å²) in [5, 5.41) is 24.2. The third-order valence-corrected chi connectivity index (χ3v) is 3.88. The summed E-state index contributed by atoms with van der Waals surface area (Å²) in [7, 11) is 0. The number of benzene rings is 1. The first-order valence-corrected chi connectivity index (χ1v) is 7.22. The highest BCUT2D eigenvalue weighted by Crippen LogP contribution is 2.34. The van der Waals surface area contributed by atoms with Crippen molar-refractivity contribution in [3.8, 4) is 0 Å². The molecule has 0 fully saturated rings. The molecule has 5 nitrogen and oxygen atoms in total. The summed E-state index contributed by atoms with van der Waals surface area (Å²) in [6.45, 7) is 0.778. The number of aryl methyl sites for hydroxylation is 1. The monoisotopic (exact) mass is 285 g/mol. The van der Waals surface area contributed by atoms with Crippen molar-refractivity contribution in [1.82, 2.24) is 4.98 Å². The molecule has 0 unspecified atom stereocenters. The van der Waals surface area contributed by atoms with Gasteiger partial charge in [0.05, 0.1) is 11.5 Å². The first-order valence-electron chi connectivity index (χ1n) is 7.22. The van der Waals surface area contributed by atoms with E-state index in [2.05, 4.69) is 10.3 Å². The van der Waals surface area contributed by atoms with Crippen LogP contribution in [-0.2, 0) is 12.8 Å². The van der Waals surface area contributed by atoms with E-state index >= 15 is 0 Å². The van der Waals surface area contributed by atoms with Crippen LogP contribution in [-0.4, -0.2) is 29.2 Å². The van der Waals surface area contributed by atoms with Gasteiger partial charge in [-0.25, -0.2) is 0 Å². The molecule has 1 heterocycles. The number of nitrogens with zero attached hydrogens (tertiary/aromatic N) is 1. The highest BCUT2D eigenvalue weighted by Gasteiger charge is 2.19. The van der Waals surface area contributed by atoms with E-state index in [-0.39, 0.29) is 12.2 Å². The number of aromatic nitrogens is 1. The van der Waals surface area contributed by atoms with Crippen molar-refractivity contribution in [1.29, 1.82) is 0 Å². The molecule has 0 spiro atoms. The number of fused-ring (bicyclic) bond motifs is 2. The molecule has 5 heteroatoms. The van der Waals surface area contributed by atoms with Gasteiger partial charge in [0.15, 0.2) is 0 Å². The highest BCUT2D eigenvalue weighted by molar-refractivity contribution is 5.99. The lowest BCUT2D eigenvalue weighted by atomic mass is 10.0. The molecule has 21 heavy (non-hydrogen) atoms. The minimum atomic E-state index is -1.18. The maximum Gasteiger partial charge on any atom is 0.0726 e. The molecular formula is C16H17N2O3-. The fourth-order valence-corrected chi connectivity index (χ4v) is 2.88. The van der Waals surface area contributed by atoms with Crippen LogP contribution in [0.15, 0.2) is 18.2 Å². The number of carboxylic acids is 1. The van der Waals surface area contributed by atoms with E-state index in [4.69, 9.17) is 5.11 Å². The van der Waals surface area contributed by atoms with Crippen molar-refractivity contribution in [2.24, 2.45) is 0 Å². The van der Waals surface area contributed by atoms with Crippen LogP contribution in [0.4, 0.5) is 5.69 Å². The van der Waals surface area contributed by atoms with E-state index in [1.54, 1.807) is 12.1 Å². The maximum absolute atomic E-state index is 11.1. The van der Waals surface area contributed by atoms with Gasteiger partial charge in [0.1, 0.15) is 0 Å². The summed E-state index contributed by atoms with van der Waals surface area (Å²) >= 11 is 0. The Morgan fingerprint density at radius 2 is 2.24 bits per heavy atom. The molecule has 0 aliphatic heterocycles. The number of pyridine rings is 1. The van der Waals surface area contributed by atoms with Gasteiger partial charge < -0.3 is 20.3 Å². The molecule has 0 amide bonds. The Labute approximate surface area is 122 Å². The average Bonchev–Trinajstić information content (AvgIpc) is 2.94. The third-order valence-electron chi connectivity index (χ3n) is 3.88. The standard InChI is InChI=1S/C16H18N2O3/c19-8-2-7-17-15-11-3-1-4-13(11)18-14-6-5-10(16(20)21)9-12(14)15/h5-6,9,19H,1-4,7-8H2,(H,17,18)(H,20,21)/p-1. The molecule has 1 aliphatic rings. The van der Waals surface area contributed by atoms with E-state index in [0.717, 1.165) is 41.5 Å².